The molecule has 1 saturated heterocycles. The normalized spacial score (nSPS) is 22.2. The molecule has 1 aromatic rings. The largest absolute Gasteiger partial charge is 0.381 e. The van der Waals surface area contributed by atoms with Crippen molar-refractivity contribution in [3.63, 3.8) is 0 Å². The summed E-state index contributed by atoms with van der Waals surface area (Å²) in [4.78, 5) is 11.9. The number of carbonyl (C=O) groups is 1. The first kappa shape index (κ1) is 9.40. The van der Waals surface area contributed by atoms with Crippen molar-refractivity contribution in [2.75, 3.05) is 13.2 Å². The van der Waals surface area contributed by atoms with Gasteiger partial charge in [0, 0.05) is 25.8 Å². The Labute approximate surface area is 82.9 Å². The lowest BCUT2D eigenvalue weighted by atomic mass is 9.96. The second-order valence-electron chi connectivity index (χ2n) is 3.65. The van der Waals surface area contributed by atoms with Gasteiger partial charge in [-0.25, -0.2) is 0 Å². The van der Waals surface area contributed by atoms with E-state index in [1.807, 2.05) is 7.05 Å². The van der Waals surface area contributed by atoms with Crippen LogP contribution in [0, 0.1) is 5.92 Å². The van der Waals surface area contributed by atoms with Gasteiger partial charge >= 0.3 is 0 Å². The third kappa shape index (κ3) is 1.85. The molecule has 0 aliphatic carbocycles. The van der Waals surface area contributed by atoms with Gasteiger partial charge in [0.25, 0.3) is 0 Å². The Balaban J connectivity index is 2.07. The van der Waals surface area contributed by atoms with Crippen LogP contribution in [-0.4, -0.2) is 28.8 Å². The van der Waals surface area contributed by atoms with Crippen molar-refractivity contribution < 1.29 is 9.53 Å². The third-order valence-electron chi connectivity index (χ3n) is 2.50. The number of hydrogen-bond donors (Lipinski definition) is 0. The summed E-state index contributed by atoms with van der Waals surface area (Å²) in [7, 11) is 1.81. The van der Waals surface area contributed by atoms with Crippen LogP contribution >= 0.6 is 0 Å². The molecular weight excluding hydrogens is 180 g/mol. The molecule has 2 heterocycles. The van der Waals surface area contributed by atoms with Crippen molar-refractivity contribution in [3.05, 3.63) is 18.0 Å². The zero-order valence-electron chi connectivity index (χ0n) is 8.27. The maximum Gasteiger partial charge on any atom is 0.188 e. The van der Waals surface area contributed by atoms with Crippen molar-refractivity contribution in [1.29, 1.82) is 0 Å². The maximum absolute atomic E-state index is 11.9. The summed E-state index contributed by atoms with van der Waals surface area (Å²) >= 11 is 0. The molecule has 76 valence electrons. The molecule has 2 rings (SSSR count). The minimum atomic E-state index is 0.0126. The van der Waals surface area contributed by atoms with E-state index in [0.29, 0.717) is 12.3 Å². The van der Waals surface area contributed by atoms with E-state index < -0.39 is 0 Å². The van der Waals surface area contributed by atoms with Crippen molar-refractivity contribution in [3.8, 4) is 0 Å². The Morgan fingerprint density at radius 1 is 1.71 bits per heavy atom. The molecule has 1 aromatic heterocycles. The van der Waals surface area contributed by atoms with E-state index in [1.165, 1.54) is 0 Å². The van der Waals surface area contributed by atoms with E-state index in [9.17, 15) is 4.79 Å². The molecule has 1 atom stereocenters. The van der Waals surface area contributed by atoms with Crippen LogP contribution < -0.4 is 0 Å². The van der Waals surface area contributed by atoms with Gasteiger partial charge in [-0.1, -0.05) is 0 Å². The zero-order chi connectivity index (χ0) is 9.97. The van der Waals surface area contributed by atoms with Gasteiger partial charge in [0.05, 0.1) is 6.61 Å². The zero-order valence-corrected chi connectivity index (χ0v) is 8.27. The number of ketones is 1. The molecule has 1 aliphatic rings. The molecule has 0 N–H and O–H groups in total. The van der Waals surface area contributed by atoms with E-state index in [4.69, 9.17) is 4.74 Å². The first-order valence-corrected chi connectivity index (χ1v) is 4.89. The quantitative estimate of drug-likeness (QED) is 0.660. The smallest absolute Gasteiger partial charge is 0.188 e. The van der Waals surface area contributed by atoms with Crippen LogP contribution in [0.2, 0.25) is 0 Å². The number of hydrogen-bond acceptors (Lipinski definition) is 3. The Kier molecular flexibility index (Phi) is 2.63. The fourth-order valence-electron chi connectivity index (χ4n) is 1.70. The number of ether oxygens (including phenoxy) is 1. The molecular formula is C10H14N2O2. The van der Waals surface area contributed by atoms with Crippen molar-refractivity contribution in [2.24, 2.45) is 13.0 Å². The second-order valence-corrected chi connectivity index (χ2v) is 3.65. The minimum Gasteiger partial charge on any atom is -0.381 e. The van der Waals surface area contributed by atoms with Crippen LogP contribution in [0.15, 0.2) is 12.3 Å². The molecule has 1 aliphatic heterocycles. The highest BCUT2D eigenvalue weighted by molar-refractivity contribution is 5.96. The molecule has 0 radical (unpaired) electrons. The first-order valence-electron chi connectivity index (χ1n) is 4.89. The van der Waals surface area contributed by atoms with Gasteiger partial charge in [0.15, 0.2) is 5.78 Å². The number of aryl methyl sites for hydroxylation is 1. The Hall–Kier alpha value is -1.16. The number of Topliss-reactive ketones (excluding diaryl/α,β-unsaturated/α-hetero) is 1. The van der Waals surface area contributed by atoms with Gasteiger partial charge in [-0.2, -0.15) is 5.10 Å². The predicted octanol–water partition coefficient (Wildman–Crippen LogP) is 1.03. The lowest BCUT2D eigenvalue weighted by Gasteiger charge is -2.19. The van der Waals surface area contributed by atoms with Crippen molar-refractivity contribution >= 4 is 5.78 Å². The van der Waals surface area contributed by atoms with Gasteiger partial charge in [-0.05, 0) is 18.9 Å². The molecule has 4 heteroatoms. The van der Waals surface area contributed by atoms with Crippen LogP contribution in [0.25, 0.3) is 0 Å². The van der Waals surface area contributed by atoms with Crippen molar-refractivity contribution in [2.45, 2.75) is 12.8 Å². The second kappa shape index (κ2) is 3.92. The van der Waals surface area contributed by atoms with Crippen LogP contribution in [0.4, 0.5) is 0 Å². The van der Waals surface area contributed by atoms with E-state index in [-0.39, 0.29) is 11.7 Å². The van der Waals surface area contributed by atoms with E-state index in [1.54, 1.807) is 16.9 Å². The van der Waals surface area contributed by atoms with E-state index in [2.05, 4.69) is 5.10 Å². The highest BCUT2D eigenvalue weighted by Gasteiger charge is 2.24. The summed E-state index contributed by atoms with van der Waals surface area (Å²) in [5.41, 5.74) is 0.558. The lowest BCUT2D eigenvalue weighted by molar-refractivity contribution is 0.0457. The lowest BCUT2D eigenvalue weighted by Crippen LogP contribution is -2.25. The van der Waals surface area contributed by atoms with Crippen LogP contribution in [-0.2, 0) is 11.8 Å². The van der Waals surface area contributed by atoms with Crippen LogP contribution in [0.1, 0.15) is 23.3 Å². The van der Waals surface area contributed by atoms with Crippen molar-refractivity contribution in [1.82, 2.24) is 9.78 Å². The predicted molar refractivity (Wildman–Crippen MR) is 51.1 cm³/mol. The molecule has 0 aromatic carbocycles. The molecule has 4 nitrogen and oxygen atoms in total. The average Bonchev–Trinajstić information content (AvgIpc) is 2.65. The maximum atomic E-state index is 11.9. The molecule has 0 amide bonds. The Morgan fingerprint density at radius 3 is 3.14 bits per heavy atom. The number of rotatable bonds is 2. The topological polar surface area (TPSA) is 44.1 Å². The summed E-state index contributed by atoms with van der Waals surface area (Å²) in [5.74, 6) is 0.129. The summed E-state index contributed by atoms with van der Waals surface area (Å²) < 4.78 is 6.93. The van der Waals surface area contributed by atoms with Gasteiger partial charge in [0.1, 0.15) is 5.69 Å². The highest BCUT2D eigenvalue weighted by Crippen LogP contribution is 2.17. The molecule has 1 unspecified atom stereocenters. The summed E-state index contributed by atoms with van der Waals surface area (Å²) in [6.07, 6.45) is 3.69. The molecule has 14 heavy (non-hydrogen) atoms. The average molecular weight is 194 g/mol. The minimum absolute atomic E-state index is 0.0126. The van der Waals surface area contributed by atoms with Gasteiger partial charge in [-0.15, -0.1) is 0 Å². The van der Waals surface area contributed by atoms with Crippen LogP contribution in [0.5, 0.6) is 0 Å². The first-order chi connectivity index (χ1) is 6.77. The Bertz CT molecular complexity index is 327. The molecule has 0 saturated carbocycles. The number of carbonyl (C=O) groups excluding carboxylic acids is 1. The SMILES string of the molecule is Cn1ccc(C(=O)C2CCCOC2)n1. The summed E-state index contributed by atoms with van der Waals surface area (Å²) in [6.45, 7) is 1.33. The van der Waals surface area contributed by atoms with Gasteiger partial charge in [-0.3, -0.25) is 9.48 Å². The Morgan fingerprint density at radius 2 is 2.57 bits per heavy atom. The fourth-order valence-corrected chi connectivity index (χ4v) is 1.70. The van der Waals surface area contributed by atoms with E-state index >= 15 is 0 Å². The molecule has 1 fully saturated rings. The van der Waals surface area contributed by atoms with Gasteiger partial charge < -0.3 is 4.74 Å². The monoisotopic (exact) mass is 194 g/mol. The van der Waals surface area contributed by atoms with Gasteiger partial charge in [0.2, 0.25) is 0 Å². The fraction of sp³-hybridized carbons (Fsp3) is 0.600. The third-order valence-corrected chi connectivity index (χ3v) is 2.50. The standard InChI is InChI=1S/C10H14N2O2/c1-12-5-4-9(11-12)10(13)8-3-2-6-14-7-8/h4-5,8H,2-3,6-7H2,1H3. The number of aromatic nitrogens is 2. The number of nitrogens with zero attached hydrogens (tertiary/aromatic N) is 2. The van der Waals surface area contributed by atoms with Crippen LogP contribution in [0.3, 0.4) is 0 Å². The van der Waals surface area contributed by atoms with E-state index in [0.717, 1.165) is 19.4 Å². The summed E-state index contributed by atoms with van der Waals surface area (Å²) in [6, 6.07) is 1.76. The molecule has 0 spiro atoms. The highest BCUT2D eigenvalue weighted by atomic mass is 16.5. The summed E-state index contributed by atoms with van der Waals surface area (Å²) in [5, 5.41) is 4.10. The molecule has 0 bridgehead atoms.